The molecule has 2 aromatic carbocycles. The molecule has 1 unspecified atom stereocenters. The quantitative estimate of drug-likeness (QED) is 0.822. The molecule has 1 aliphatic heterocycles. The third-order valence-corrected chi connectivity index (χ3v) is 4.35. The van der Waals surface area contributed by atoms with Crippen LogP contribution in [0.4, 0.5) is 4.39 Å². The molecule has 1 aliphatic rings. The second-order valence-electron chi connectivity index (χ2n) is 5.60. The summed E-state index contributed by atoms with van der Waals surface area (Å²) in [6.07, 6.45) is 2.28. The Hall–Kier alpha value is -1.87. The van der Waals surface area contributed by atoms with Crippen molar-refractivity contribution >= 4 is 17.5 Å². The molecule has 1 saturated heterocycles. The Morgan fingerprint density at radius 3 is 2.50 bits per heavy atom. The zero-order chi connectivity index (χ0) is 15.5. The smallest absolute Gasteiger partial charge is 0.227 e. The normalized spacial score (nSPS) is 17.7. The molecule has 4 heteroatoms. The van der Waals surface area contributed by atoms with E-state index in [1.807, 2.05) is 29.2 Å². The minimum Gasteiger partial charge on any atom is -0.335 e. The van der Waals surface area contributed by atoms with Crippen LogP contribution in [0.5, 0.6) is 0 Å². The van der Waals surface area contributed by atoms with Gasteiger partial charge in [0.05, 0.1) is 12.5 Å². The van der Waals surface area contributed by atoms with Gasteiger partial charge in [0.2, 0.25) is 5.91 Å². The summed E-state index contributed by atoms with van der Waals surface area (Å²) in [6, 6.07) is 13.9. The fourth-order valence-corrected chi connectivity index (χ4v) is 3.10. The van der Waals surface area contributed by atoms with Crippen LogP contribution in [0.3, 0.4) is 0 Å². The largest absolute Gasteiger partial charge is 0.335 e. The minimum atomic E-state index is -0.281. The molecule has 2 aromatic rings. The summed E-state index contributed by atoms with van der Waals surface area (Å²) in [4.78, 5) is 14.5. The van der Waals surface area contributed by atoms with Crippen LogP contribution in [0.25, 0.3) is 0 Å². The zero-order valence-electron chi connectivity index (χ0n) is 12.1. The van der Waals surface area contributed by atoms with Gasteiger partial charge in [0.25, 0.3) is 0 Å². The lowest BCUT2D eigenvalue weighted by atomic mass is 10.0. The molecule has 0 spiro atoms. The van der Waals surface area contributed by atoms with E-state index in [0.29, 0.717) is 11.4 Å². The van der Waals surface area contributed by atoms with Gasteiger partial charge in [0.1, 0.15) is 5.82 Å². The Kier molecular flexibility index (Phi) is 4.44. The highest BCUT2D eigenvalue weighted by atomic mass is 35.5. The molecule has 114 valence electrons. The molecule has 1 fully saturated rings. The highest BCUT2D eigenvalue weighted by molar-refractivity contribution is 6.30. The van der Waals surface area contributed by atoms with Crippen LogP contribution in [-0.4, -0.2) is 17.4 Å². The van der Waals surface area contributed by atoms with Crippen molar-refractivity contribution in [2.45, 2.75) is 25.3 Å². The number of likely N-dealkylation sites (tertiary alicyclic amines) is 1. The molecule has 0 aromatic heterocycles. The Labute approximate surface area is 134 Å². The van der Waals surface area contributed by atoms with Gasteiger partial charge < -0.3 is 4.90 Å². The van der Waals surface area contributed by atoms with Gasteiger partial charge in [-0.25, -0.2) is 4.39 Å². The van der Waals surface area contributed by atoms with E-state index in [-0.39, 0.29) is 17.8 Å². The van der Waals surface area contributed by atoms with E-state index in [1.165, 1.54) is 12.1 Å². The number of carbonyl (C=O) groups excluding carboxylic acids is 1. The lowest BCUT2D eigenvalue weighted by Gasteiger charge is -2.25. The third-order valence-electron chi connectivity index (χ3n) is 4.10. The van der Waals surface area contributed by atoms with Gasteiger partial charge >= 0.3 is 0 Å². The molecule has 2 nitrogen and oxygen atoms in total. The standard InChI is InChI=1S/C18H17ClFNO/c19-15-7-5-14(6-8-15)17-2-1-11-21(17)18(22)12-13-3-9-16(20)10-4-13/h3-10,17H,1-2,11-12H2. The monoisotopic (exact) mass is 317 g/mol. The first-order chi connectivity index (χ1) is 10.6. The van der Waals surface area contributed by atoms with Crippen molar-refractivity contribution in [2.24, 2.45) is 0 Å². The maximum Gasteiger partial charge on any atom is 0.227 e. The topological polar surface area (TPSA) is 20.3 Å². The molecule has 0 bridgehead atoms. The molecule has 1 amide bonds. The van der Waals surface area contributed by atoms with Gasteiger partial charge in [-0.15, -0.1) is 0 Å². The average molecular weight is 318 g/mol. The van der Waals surface area contributed by atoms with Gasteiger partial charge in [0.15, 0.2) is 0 Å². The maximum atomic E-state index is 12.9. The van der Waals surface area contributed by atoms with Gasteiger partial charge in [-0.3, -0.25) is 4.79 Å². The highest BCUT2D eigenvalue weighted by Gasteiger charge is 2.29. The van der Waals surface area contributed by atoms with Crippen molar-refractivity contribution in [2.75, 3.05) is 6.54 Å². The van der Waals surface area contributed by atoms with Crippen LogP contribution in [0.1, 0.15) is 30.0 Å². The molecule has 3 rings (SSSR count). The van der Waals surface area contributed by atoms with Crippen LogP contribution in [0.15, 0.2) is 48.5 Å². The molecule has 0 aliphatic carbocycles. The summed E-state index contributed by atoms with van der Waals surface area (Å²) in [5.41, 5.74) is 1.96. The van der Waals surface area contributed by atoms with Crippen LogP contribution in [0, 0.1) is 5.82 Å². The van der Waals surface area contributed by atoms with Crippen molar-refractivity contribution in [1.82, 2.24) is 4.90 Å². The van der Waals surface area contributed by atoms with Crippen molar-refractivity contribution in [3.8, 4) is 0 Å². The highest BCUT2D eigenvalue weighted by Crippen LogP contribution is 2.32. The number of hydrogen-bond donors (Lipinski definition) is 0. The lowest BCUT2D eigenvalue weighted by Crippen LogP contribution is -2.31. The first kappa shape index (κ1) is 15.0. The first-order valence-electron chi connectivity index (χ1n) is 7.43. The van der Waals surface area contributed by atoms with Gasteiger partial charge in [0, 0.05) is 11.6 Å². The van der Waals surface area contributed by atoms with Crippen molar-refractivity contribution in [3.63, 3.8) is 0 Å². The molecule has 0 radical (unpaired) electrons. The number of nitrogens with zero attached hydrogens (tertiary/aromatic N) is 1. The first-order valence-corrected chi connectivity index (χ1v) is 7.80. The summed E-state index contributed by atoms with van der Waals surface area (Å²) in [7, 11) is 0. The number of carbonyl (C=O) groups is 1. The molecule has 0 N–H and O–H groups in total. The molecular weight excluding hydrogens is 301 g/mol. The Morgan fingerprint density at radius 2 is 1.82 bits per heavy atom. The summed E-state index contributed by atoms with van der Waals surface area (Å²) < 4.78 is 12.9. The van der Waals surface area contributed by atoms with E-state index in [1.54, 1.807) is 12.1 Å². The zero-order valence-corrected chi connectivity index (χ0v) is 12.9. The van der Waals surface area contributed by atoms with Crippen LogP contribution in [0.2, 0.25) is 5.02 Å². The van der Waals surface area contributed by atoms with E-state index >= 15 is 0 Å². The van der Waals surface area contributed by atoms with Crippen LogP contribution in [-0.2, 0) is 11.2 Å². The fraction of sp³-hybridized carbons (Fsp3) is 0.278. The summed E-state index contributed by atoms with van der Waals surface area (Å²) >= 11 is 5.93. The number of halogens is 2. The summed E-state index contributed by atoms with van der Waals surface area (Å²) in [6.45, 7) is 0.771. The van der Waals surface area contributed by atoms with Crippen LogP contribution < -0.4 is 0 Å². The van der Waals surface area contributed by atoms with Crippen molar-refractivity contribution in [3.05, 3.63) is 70.5 Å². The summed E-state index contributed by atoms with van der Waals surface area (Å²) in [5, 5.41) is 0.700. The van der Waals surface area contributed by atoms with Gasteiger partial charge in [-0.1, -0.05) is 35.9 Å². The van der Waals surface area contributed by atoms with E-state index in [0.717, 1.165) is 30.5 Å². The SMILES string of the molecule is O=C(Cc1ccc(F)cc1)N1CCCC1c1ccc(Cl)cc1. The van der Waals surface area contributed by atoms with Gasteiger partial charge in [-0.2, -0.15) is 0 Å². The second kappa shape index (κ2) is 6.49. The minimum absolute atomic E-state index is 0.0871. The number of amides is 1. The summed E-state index contributed by atoms with van der Waals surface area (Å²) in [5.74, 6) is -0.194. The number of benzene rings is 2. The Bertz CT molecular complexity index is 654. The predicted octanol–water partition coefficient (Wildman–Crippen LogP) is 4.39. The Morgan fingerprint density at radius 1 is 1.14 bits per heavy atom. The molecule has 1 atom stereocenters. The van der Waals surface area contributed by atoms with Crippen molar-refractivity contribution in [1.29, 1.82) is 0 Å². The maximum absolute atomic E-state index is 12.9. The molecule has 0 saturated carbocycles. The molecular formula is C18H17ClFNO. The van der Waals surface area contributed by atoms with E-state index in [2.05, 4.69) is 0 Å². The average Bonchev–Trinajstić information content (AvgIpc) is 3.00. The van der Waals surface area contributed by atoms with E-state index in [9.17, 15) is 9.18 Å². The van der Waals surface area contributed by atoms with E-state index < -0.39 is 0 Å². The molecule has 22 heavy (non-hydrogen) atoms. The fourth-order valence-electron chi connectivity index (χ4n) is 2.98. The van der Waals surface area contributed by atoms with Crippen LogP contribution >= 0.6 is 11.6 Å². The number of rotatable bonds is 3. The Balaban J connectivity index is 1.73. The predicted molar refractivity (Wildman–Crippen MR) is 85.2 cm³/mol. The van der Waals surface area contributed by atoms with Gasteiger partial charge in [-0.05, 0) is 48.2 Å². The lowest BCUT2D eigenvalue weighted by molar-refractivity contribution is -0.131. The van der Waals surface area contributed by atoms with E-state index in [4.69, 9.17) is 11.6 Å². The third kappa shape index (κ3) is 3.30. The molecule has 1 heterocycles. The van der Waals surface area contributed by atoms with Crippen molar-refractivity contribution < 1.29 is 9.18 Å². The second-order valence-corrected chi connectivity index (χ2v) is 6.04. The number of hydrogen-bond acceptors (Lipinski definition) is 1.